The van der Waals surface area contributed by atoms with Crippen LogP contribution in [0.3, 0.4) is 0 Å². The molecule has 5 heteroatoms. The number of aromatic nitrogens is 2. The highest BCUT2D eigenvalue weighted by Gasteiger charge is 2.20. The summed E-state index contributed by atoms with van der Waals surface area (Å²) >= 11 is 0. The summed E-state index contributed by atoms with van der Waals surface area (Å²) < 4.78 is 8.09. The van der Waals surface area contributed by atoms with E-state index in [4.69, 9.17) is 9.72 Å². The smallest absolute Gasteiger partial charge is 0.242 e. The van der Waals surface area contributed by atoms with E-state index in [1.165, 1.54) is 18.4 Å². The number of benzene rings is 2. The van der Waals surface area contributed by atoms with Gasteiger partial charge in [-0.2, -0.15) is 0 Å². The molecule has 2 heterocycles. The lowest BCUT2D eigenvalue weighted by Crippen LogP contribution is -2.35. The minimum Gasteiger partial charge on any atom is -0.486 e. The highest BCUT2D eigenvalue weighted by molar-refractivity contribution is 5.81. The summed E-state index contributed by atoms with van der Waals surface area (Å²) in [5, 5.41) is 0. The molecule has 0 unspecified atom stereocenters. The molecule has 0 bridgehead atoms. The molecule has 1 aliphatic heterocycles. The number of likely N-dealkylation sites (tertiary alicyclic amines) is 1. The van der Waals surface area contributed by atoms with Crippen molar-refractivity contribution in [3.63, 3.8) is 0 Å². The number of amides is 1. The van der Waals surface area contributed by atoms with Crippen molar-refractivity contribution < 1.29 is 9.53 Å². The van der Waals surface area contributed by atoms with Crippen molar-refractivity contribution in [2.45, 2.75) is 65.0 Å². The average Bonchev–Trinajstić information content (AvgIpc) is 2.92. The van der Waals surface area contributed by atoms with Crippen LogP contribution < -0.4 is 4.74 Å². The third kappa shape index (κ3) is 5.09. The number of nitrogens with zero attached hydrogens (tertiary/aromatic N) is 3. The largest absolute Gasteiger partial charge is 0.486 e. The van der Waals surface area contributed by atoms with E-state index in [-0.39, 0.29) is 11.3 Å². The van der Waals surface area contributed by atoms with Gasteiger partial charge in [-0.1, -0.05) is 57.9 Å². The molecule has 0 N–H and O–H groups in total. The number of hydrogen-bond acceptors (Lipinski definition) is 3. The Hall–Kier alpha value is -2.82. The lowest BCUT2D eigenvalue weighted by Gasteiger charge is -2.21. The van der Waals surface area contributed by atoms with E-state index in [2.05, 4.69) is 32.9 Å². The second kappa shape index (κ2) is 9.13. The van der Waals surface area contributed by atoms with Crippen molar-refractivity contribution in [3.8, 4) is 5.75 Å². The Labute approximate surface area is 185 Å². The van der Waals surface area contributed by atoms with E-state index in [0.717, 1.165) is 48.5 Å². The summed E-state index contributed by atoms with van der Waals surface area (Å²) in [5.74, 6) is 1.76. The Balaban J connectivity index is 1.53. The molecular weight excluding hydrogens is 386 g/mol. The number of carbonyl (C=O) groups is 1. The summed E-state index contributed by atoms with van der Waals surface area (Å²) in [7, 11) is 0. The van der Waals surface area contributed by atoms with Gasteiger partial charge in [0.1, 0.15) is 24.7 Å². The van der Waals surface area contributed by atoms with Crippen LogP contribution in [-0.4, -0.2) is 33.4 Å². The van der Waals surface area contributed by atoms with Gasteiger partial charge in [0.25, 0.3) is 0 Å². The van der Waals surface area contributed by atoms with Gasteiger partial charge in [-0.3, -0.25) is 4.79 Å². The maximum atomic E-state index is 13.1. The first-order chi connectivity index (χ1) is 14.9. The summed E-state index contributed by atoms with van der Waals surface area (Å²) in [5.41, 5.74) is 3.26. The van der Waals surface area contributed by atoms with Gasteiger partial charge in [0.2, 0.25) is 5.91 Å². The molecule has 4 rings (SSSR count). The number of carbonyl (C=O) groups excluding carboxylic acids is 1. The monoisotopic (exact) mass is 419 g/mol. The van der Waals surface area contributed by atoms with Crippen LogP contribution in [0.4, 0.5) is 0 Å². The molecule has 1 aromatic heterocycles. The van der Waals surface area contributed by atoms with Gasteiger partial charge >= 0.3 is 0 Å². The van der Waals surface area contributed by atoms with Crippen LogP contribution in [0.2, 0.25) is 0 Å². The second-order valence-corrected chi connectivity index (χ2v) is 9.46. The fraction of sp³-hybridized carbons (Fsp3) is 0.462. The number of hydrogen-bond donors (Lipinski definition) is 0. The Morgan fingerprint density at radius 3 is 2.32 bits per heavy atom. The standard InChI is InChI=1S/C26H33N3O2/c1-26(2,3)20-12-14-21(15-13-20)31-19-24-27-22-10-6-7-11-23(22)29(24)18-25(30)28-16-8-4-5-9-17-28/h6-7,10-15H,4-5,8-9,16-19H2,1-3H3. The molecule has 31 heavy (non-hydrogen) atoms. The van der Waals surface area contributed by atoms with Gasteiger partial charge in [0, 0.05) is 13.1 Å². The predicted octanol–water partition coefficient (Wildman–Crippen LogP) is 5.32. The summed E-state index contributed by atoms with van der Waals surface area (Å²) in [6.45, 7) is 8.96. The predicted molar refractivity (Wildman–Crippen MR) is 124 cm³/mol. The quantitative estimate of drug-likeness (QED) is 0.563. The van der Waals surface area contributed by atoms with E-state index in [0.29, 0.717) is 13.2 Å². The van der Waals surface area contributed by atoms with E-state index < -0.39 is 0 Å². The van der Waals surface area contributed by atoms with Gasteiger partial charge < -0.3 is 14.2 Å². The lowest BCUT2D eigenvalue weighted by molar-refractivity contribution is -0.131. The molecule has 5 nitrogen and oxygen atoms in total. The van der Waals surface area contributed by atoms with Crippen molar-refractivity contribution in [2.24, 2.45) is 0 Å². The third-order valence-electron chi connectivity index (χ3n) is 6.07. The first-order valence-corrected chi connectivity index (χ1v) is 11.4. The van der Waals surface area contributed by atoms with Crippen LogP contribution in [0, 0.1) is 0 Å². The normalized spacial score (nSPS) is 15.1. The van der Waals surface area contributed by atoms with Crippen LogP contribution in [0.15, 0.2) is 48.5 Å². The molecule has 1 fully saturated rings. The molecule has 1 saturated heterocycles. The van der Waals surface area contributed by atoms with Crippen molar-refractivity contribution in [1.29, 1.82) is 0 Å². The summed E-state index contributed by atoms with van der Waals surface area (Å²) in [6, 6.07) is 16.2. The minimum absolute atomic E-state index is 0.111. The Bertz CT molecular complexity index is 1020. The molecule has 0 aliphatic carbocycles. The van der Waals surface area contributed by atoms with E-state index in [1.54, 1.807) is 0 Å². The number of ether oxygens (including phenoxy) is 1. The third-order valence-corrected chi connectivity index (χ3v) is 6.07. The topological polar surface area (TPSA) is 47.4 Å². The zero-order chi connectivity index (χ0) is 21.8. The average molecular weight is 420 g/mol. The van der Waals surface area contributed by atoms with Crippen molar-refractivity contribution >= 4 is 16.9 Å². The first-order valence-electron chi connectivity index (χ1n) is 11.4. The molecule has 1 aliphatic rings. The first kappa shape index (κ1) is 21.4. The van der Waals surface area contributed by atoms with Gasteiger partial charge in [0.05, 0.1) is 11.0 Å². The lowest BCUT2D eigenvalue weighted by atomic mass is 9.87. The molecular formula is C26H33N3O2. The summed E-state index contributed by atoms with van der Waals surface area (Å²) in [6.07, 6.45) is 4.61. The van der Waals surface area contributed by atoms with Crippen LogP contribution in [-0.2, 0) is 23.4 Å². The molecule has 2 aromatic carbocycles. The van der Waals surface area contributed by atoms with Gasteiger partial charge in [0.15, 0.2) is 0 Å². The van der Waals surface area contributed by atoms with Crippen LogP contribution in [0.1, 0.15) is 57.8 Å². The van der Waals surface area contributed by atoms with Gasteiger partial charge in [-0.15, -0.1) is 0 Å². The van der Waals surface area contributed by atoms with Crippen molar-refractivity contribution in [1.82, 2.24) is 14.5 Å². The summed E-state index contributed by atoms with van der Waals surface area (Å²) in [4.78, 5) is 19.8. The van der Waals surface area contributed by atoms with Crippen molar-refractivity contribution in [2.75, 3.05) is 13.1 Å². The Kier molecular flexibility index (Phi) is 6.30. The Morgan fingerprint density at radius 1 is 0.968 bits per heavy atom. The number of rotatable bonds is 5. The maximum Gasteiger partial charge on any atom is 0.242 e. The zero-order valence-electron chi connectivity index (χ0n) is 18.9. The molecule has 0 atom stereocenters. The SMILES string of the molecule is CC(C)(C)c1ccc(OCc2nc3ccccc3n2CC(=O)N2CCCCCC2)cc1. The molecule has 164 valence electrons. The highest BCUT2D eigenvalue weighted by Crippen LogP contribution is 2.25. The molecule has 1 amide bonds. The Morgan fingerprint density at radius 2 is 1.65 bits per heavy atom. The fourth-order valence-corrected chi connectivity index (χ4v) is 4.17. The number of para-hydroxylation sites is 2. The van der Waals surface area contributed by atoms with E-state index >= 15 is 0 Å². The van der Waals surface area contributed by atoms with Gasteiger partial charge in [-0.05, 0) is 48.1 Å². The zero-order valence-corrected chi connectivity index (χ0v) is 18.9. The number of imidazole rings is 1. The van der Waals surface area contributed by atoms with E-state index in [9.17, 15) is 4.79 Å². The molecule has 3 aromatic rings. The van der Waals surface area contributed by atoms with E-state index in [1.807, 2.05) is 45.9 Å². The van der Waals surface area contributed by atoms with Crippen LogP contribution in [0.5, 0.6) is 5.75 Å². The maximum absolute atomic E-state index is 13.1. The van der Waals surface area contributed by atoms with Crippen LogP contribution >= 0.6 is 0 Å². The fourth-order valence-electron chi connectivity index (χ4n) is 4.17. The van der Waals surface area contributed by atoms with Gasteiger partial charge in [-0.25, -0.2) is 4.98 Å². The van der Waals surface area contributed by atoms with Crippen molar-refractivity contribution in [3.05, 3.63) is 59.9 Å². The molecule has 0 spiro atoms. The molecule has 0 saturated carbocycles. The number of fused-ring (bicyclic) bond motifs is 1. The highest BCUT2D eigenvalue weighted by atomic mass is 16.5. The minimum atomic E-state index is 0.111. The second-order valence-electron chi connectivity index (χ2n) is 9.46. The van der Waals surface area contributed by atoms with Crippen LogP contribution in [0.25, 0.3) is 11.0 Å². The molecule has 0 radical (unpaired) electrons.